The van der Waals surface area contributed by atoms with Gasteiger partial charge in [0.05, 0.1) is 6.54 Å². The molecular formula is C22H30N2O. The fraction of sp³-hybridized carbons (Fsp3) is 0.500. The molecule has 0 radical (unpaired) electrons. The third kappa shape index (κ3) is 3.87. The van der Waals surface area contributed by atoms with E-state index in [0.29, 0.717) is 6.54 Å². The minimum Gasteiger partial charge on any atom is -0.318 e. The Balaban J connectivity index is 1.85. The first-order chi connectivity index (χ1) is 12.0. The van der Waals surface area contributed by atoms with E-state index in [2.05, 4.69) is 61.4 Å². The van der Waals surface area contributed by atoms with E-state index in [4.69, 9.17) is 0 Å². The van der Waals surface area contributed by atoms with E-state index in [1.165, 1.54) is 36.8 Å². The maximum absolute atomic E-state index is 12.9. The van der Waals surface area contributed by atoms with Crippen molar-refractivity contribution in [1.82, 2.24) is 9.47 Å². The molecule has 1 aromatic heterocycles. The summed E-state index contributed by atoms with van der Waals surface area (Å²) in [7, 11) is 0. The first-order valence-corrected chi connectivity index (χ1v) is 9.49. The third-order valence-electron chi connectivity index (χ3n) is 5.55. The molecule has 134 valence electrons. The van der Waals surface area contributed by atoms with Gasteiger partial charge >= 0.3 is 0 Å². The van der Waals surface area contributed by atoms with Crippen LogP contribution in [0.4, 0.5) is 0 Å². The maximum atomic E-state index is 12.9. The average Bonchev–Trinajstić information content (AvgIpc) is 2.75. The summed E-state index contributed by atoms with van der Waals surface area (Å²) in [5.41, 5.74) is 6.78. The highest BCUT2D eigenvalue weighted by Crippen LogP contribution is 2.23. The van der Waals surface area contributed by atoms with Gasteiger partial charge in [0.25, 0.3) is 0 Å². The van der Waals surface area contributed by atoms with Gasteiger partial charge in [0.1, 0.15) is 0 Å². The van der Waals surface area contributed by atoms with Gasteiger partial charge in [0, 0.05) is 22.6 Å². The molecule has 3 nitrogen and oxygen atoms in total. The summed E-state index contributed by atoms with van der Waals surface area (Å²) in [6.07, 6.45) is 5.03. The number of hydrogen-bond acceptors (Lipinski definition) is 2. The SMILES string of the molecule is Cc1ccc(-n2c(C)cc(C(=O)CN3CCCCCC3)c2C)cc1C. The van der Waals surface area contributed by atoms with Crippen molar-refractivity contribution in [2.24, 2.45) is 0 Å². The monoisotopic (exact) mass is 338 g/mol. The number of benzene rings is 1. The summed E-state index contributed by atoms with van der Waals surface area (Å²) in [5, 5.41) is 0. The van der Waals surface area contributed by atoms with Gasteiger partial charge in [0.2, 0.25) is 0 Å². The Morgan fingerprint density at radius 2 is 1.60 bits per heavy atom. The molecule has 0 N–H and O–H groups in total. The van der Waals surface area contributed by atoms with Gasteiger partial charge in [-0.1, -0.05) is 18.9 Å². The lowest BCUT2D eigenvalue weighted by Gasteiger charge is -2.18. The summed E-state index contributed by atoms with van der Waals surface area (Å²) in [6.45, 7) is 11.1. The molecule has 1 aliphatic rings. The van der Waals surface area contributed by atoms with Crippen molar-refractivity contribution >= 4 is 5.78 Å². The van der Waals surface area contributed by atoms with E-state index >= 15 is 0 Å². The number of ketones is 1. The van der Waals surface area contributed by atoms with E-state index in [0.717, 1.165) is 35.7 Å². The molecule has 0 amide bonds. The summed E-state index contributed by atoms with van der Waals surface area (Å²) >= 11 is 0. The van der Waals surface area contributed by atoms with Crippen LogP contribution in [0.5, 0.6) is 0 Å². The van der Waals surface area contributed by atoms with Crippen molar-refractivity contribution in [3.63, 3.8) is 0 Å². The normalized spacial score (nSPS) is 16.0. The zero-order valence-electron chi connectivity index (χ0n) is 16.1. The third-order valence-corrected chi connectivity index (χ3v) is 5.55. The minimum absolute atomic E-state index is 0.255. The topological polar surface area (TPSA) is 25.2 Å². The lowest BCUT2D eigenvalue weighted by atomic mass is 10.1. The zero-order chi connectivity index (χ0) is 18.0. The van der Waals surface area contributed by atoms with Crippen LogP contribution in [0.1, 0.15) is 58.6 Å². The number of hydrogen-bond donors (Lipinski definition) is 0. The first-order valence-electron chi connectivity index (χ1n) is 9.49. The van der Waals surface area contributed by atoms with Crippen molar-refractivity contribution in [2.75, 3.05) is 19.6 Å². The molecule has 3 rings (SSSR count). The number of Topliss-reactive ketones (excluding diaryl/α,β-unsaturated/α-hetero) is 1. The van der Waals surface area contributed by atoms with Gasteiger partial charge in [-0.3, -0.25) is 9.69 Å². The molecule has 0 bridgehead atoms. The van der Waals surface area contributed by atoms with Crippen LogP contribution in [0.2, 0.25) is 0 Å². The molecule has 0 unspecified atom stereocenters. The van der Waals surface area contributed by atoms with Crippen molar-refractivity contribution < 1.29 is 4.79 Å². The Labute approximate surface area is 151 Å². The van der Waals surface area contributed by atoms with Crippen LogP contribution in [-0.4, -0.2) is 34.9 Å². The van der Waals surface area contributed by atoms with E-state index in [1.54, 1.807) is 0 Å². The van der Waals surface area contributed by atoms with Crippen LogP contribution in [0.3, 0.4) is 0 Å². The fourth-order valence-corrected chi connectivity index (χ4v) is 3.89. The van der Waals surface area contributed by atoms with E-state index in [-0.39, 0.29) is 5.78 Å². The Kier molecular flexibility index (Phi) is 5.43. The lowest BCUT2D eigenvalue weighted by molar-refractivity contribution is 0.0932. The van der Waals surface area contributed by atoms with Crippen molar-refractivity contribution in [1.29, 1.82) is 0 Å². The molecule has 3 heteroatoms. The summed E-state index contributed by atoms with van der Waals surface area (Å²) < 4.78 is 2.21. The van der Waals surface area contributed by atoms with Crippen LogP contribution in [0.15, 0.2) is 24.3 Å². The second kappa shape index (κ2) is 7.57. The highest BCUT2D eigenvalue weighted by atomic mass is 16.1. The Morgan fingerprint density at radius 1 is 0.920 bits per heavy atom. The number of likely N-dealkylation sites (tertiary alicyclic amines) is 1. The summed E-state index contributed by atoms with van der Waals surface area (Å²) in [5.74, 6) is 0.255. The molecule has 1 fully saturated rings. The maximum Gasteiger partial charge on any atom is 0.178 e. The standard InChI is InChI=1S/C22H30N2O/c1-16-9-10-20(13-17(16)2)24-18(3)14-21(19(24)4)22(25)15-23-11-7-5-6-8-12-23/h9-10,13-14H,5-8,11-12,15H2,1-4H3. The highest BCUT2D eigenvalue weighted by Gasteiger charge is 2.20. The van der Waals surface area contributed by atoms with Crippen molar-refractivity contribution in [3.05, 3.63) is 52.3 Å². The smallest absolute Gasteiger partial charge is 0.178 e. The molecule has 2 heterocycles. The Hall–Kier alpha value is -1.87. The van der Waals surface area contributed by atoms with E-state index in [9.17, 15) is 4.79 Å². The second-order valence-electron chi connectivity index (χ2n) is 7.50. The van der Waals surface area contributed by atoms with Crippen LogP contribution in [0.25, 0.3) is 5.69 Å². The van der Waals surface area contributed by atoms with Crippen molar-refractivity contribution in [2.45, 2.75) is 53.4 Å². The zero-order valence-corrected chi connectivity index (χ0v) is 16.1. The van der Waals surface area contributed by atoms with Crippen LogP contribution in [-0.2, 0) is 0 Å². The predicted molar refractivity (Wildman–Crippen MR) is 104 cm³/mol. The largest absolute Gasteiger partial charge is 0.318 e. The molecule has 0 aliphatic carbocycles. The number of aryl methyl sites for hydroxylation is 3. The molecule has 2 aromatic rings. The molecule has 0 atom stereocenters. The lowest BCUT2D eigenvalue weighted by Crippen LogP contribution is -2.31. The van der Waals surface area contributed by atoms with Crippen molar-refractivity contribution in [3.8, 4) is 5.69 Å². The number of rotatable bonds is 4. The minimum atomic E-state index is 0.255. The number of carbonyl (C=O) groups is 1. The molecule has 1 saturated heterocycles. The van der Waals surface area contributed by atoms with E-state index < -0.39 is 0 Å². The molecule has 0 spiro atoms. The molecule has 1 aliphatic heterocycles. The van der Waals surface area contributed by atoms with Gasteiger partial charge in [-0.2, -0.15) is 0 Å². The van der Waals surface area contributed by atoms with Gasteiger partial charge in [-0.05, 0) is 83.0 Å². The molecule has 0 saturated carbocycles. The quantitative estimate of drug-likeness (QED) is 0.750. The van der Waals surface area contributed by atoms with Gasteiger partial charge in [-0.15, -0.1) is 0 Å². The van der Waals surface area contributed by atoms with Crippen LogP contribution in [0, 0.1) is 27.7 Å². The predicted octanol–water partition coefficient (Wildman–Crippen LogP) is 4.77. The van der Waals surface area contributed by atoms with Crippen LogP contribution >= 0.6 is 0 Å². The Morgan fingerprint density at radius 3 is 2.24 bits per heavy atom. The number of nitrogens with zero attached hydrogens (tertiary/aromatic N) is 2. The second-order valence-corrected chi connectivity index (χ2v) is 7.50. The Bertz CT molecular complexity index is 765. The average molecular weight is 338 g/mol. The van der Waals surface area contributed by atoms with E-state index in [1.807, 2.05) is 0 Å². The number of aromatic nitrogens is 1. The van der Waals surface area contributed by atoms with Gasteiger partial charge in [0.15, 0.2) is 5.78 Å². The van der Waals surface area contributed by atoms with Gasteiger partial charge in [-0.25, -0.2) is 0 Å². The molecule has 1 aromatic carbocycles. The number of carbonyl (C=O) groups excluding carboxylic acids is 1. The summed E-state index contributed by atoms with van der Waals surface area (Å²) in [4.78, 5) is 15.2. The molecule has 25 heavy (non-hydrogen) atoms. The van der Waals surface area contributed by atoms with Gasteiger partial charge < -0.3 is 4.57 Å². The molecular weight excluding hydrogens is 308 g/mol. The summed E-state index contributed by atoms with van der Waals surface area (Å²) in [6, 6.07) is 8.57. The highest BCUT2D eigenvalue weighted by molar-refractivity contribution is 5.99. The first kappa shape index (κ1) is 17.9. The van der Waals surface area contributed by atoms with Crippen LogP contribution < -0.4 is 0 Å². The fourth-order valence-electron chi connectivity index (χ4n) is 3.89.